The van der Waals surface area contributed by atoms with E-state index >= 15 is 0 Å². The molecule has 0 spiro atoms. The van der Waals surface area contributed by atoms with Crippen LogP contribution in [-0.4, -0.2) is 48.8 Å². The minimum Gasteiger partial charge on any atom is -0.395 e. The van der Waals surface area contributed by atoms with Gasteiger partial charge < -0.3 is 14.7 Å². The van der Waals surface area contributed by atoms with Gasteiger partial charge in [-0.05, 0) is 26.0 Å². The molecule has 0 heterocycles. The van der Waals surface area contributed by atoms with Gasteiger partial charge in [-0.1, -0.05) is 24.0 Å². The van der Waals surface area contributed by atoms with E-state index in [2.05, 4.69) is 11.8 Å². The molecule has 114 valence electrons. The second-order valence-electron chi connectivity index (χ2n) is 4.97. The molecule has 1 amide bonds. The number of hydrogen-bond donors (Lipinski definition) is 1. The molecule has 4 heteroatoms. The van der Waals surface area contributed by atoms with Crippen molar-refractivity contribution >= 4 is 5.91 Å². The molecule has 0 saturated carbocycles. The Bertz CT molecular complexity index is 514. The summed E-state index contributed by atoms with van der Waals surface area (Å²) in [6, 6.07) is 7.26. The Balaban J connectivity index is 2.75. The number of benzene rings is 1. The van der Waals surface area contributed by atoms with Gasteiger partial charge in [0, 0.05) is 25.6 Å². The molecule has 4 nitrogen and oxygen atoms in total. The van der Waals surface area contributed by atoms with Crippen molar-refractivity contribution in [1.29, 1.82) is 0 Å². The van der Waals surface area contributed by atoms with Crippen LogP contribution in [0.5, 0.6) is 0 Å². The Kier molecular flexibility index (Phi) is 7.52. The second-order valence-corrected chi connectivity index (χ2v) is 4.97. The molecule has 1 rings (SSSR count). The summed E-state index contributed by atoms with van der Waals surface area (Å²) in [5, 5.41) is 8.76. The molecular weight excluding hydrogens is 266 g/mol. The fourth-order valence-electron chi connectivity index (χ4n) is 1.72. The Morgan fingerprint density at radius 1 is 1.38 bits per heavy atom. The summed E-state index contributed by atoms with van der Waals surface area (Å²) in [6.07, 6.45) is 0.561. The molecule has 1 aromatic rings. The van der Waals surface area contributed by atoms with Gasteiger partial charge in [-0.3, -0.25) is 4.79 Å². The largest absolute Gasteiger partial charge is 0.395 e. The van der Waals surface area contributed by atoms with Crippen molar-refractivity contribution in [1.82, 2.24) is 4.90 Å². The first-order chi connectivity index (χ1) is 10.1. The van der Waals surface area contributed by atoms with E-state index in [-0.39, 0.29) is 18.6 Å². The fraction of sp³-hybridized carbons (Fsp3) is 0.471. The van der Waals surface area contributed by atoms with E-state index in [0.717, 1.165) is 0 Å². The van der Waals surface area contributed by atoms with Crippen LogP contribution in [-0.2, 0) is 4.74 Å². The van der Waals surface area contributed by atoms with E-state index < -0.39 is 0 Å². The first kappa shape index (κ1) is 17.2. The average molecular weight is 289 g/mol. The predicted molar refractivity (Wildman–Crippen MR) is 83.1 cm³/mol. The maximum atomic E-state index is 12.4. The predicted octanol–water partition coefficient (Wildman–Crippen LogP) is 1.92. The molecule has 0 unspecified atom stereocenters. The van der Waals surface area contributed by atoms with Crippen LogP contribution in [0.4, 0.5) is 0 Å². The van der Waals surface area contributed by atoms with E-state index in [0.29, 0.717) is 30.7 Å². The van der Waals surface area contributed by atoms with E-state index in [1.54, 1.807) is 18.0 Å². The van der Waals surface area contributed by atoms with Crippen LogP contribution in [0.2, 0.25) is 0 Å². The number of aliphatic hydroxyl groups excluding tert-OH is 1. The highest BCUT2D eigenvalue weighted by molar-refractivity contribution is 5.96. The third-order valence-electron chi connectivity index (χ3n) is 2.84. The van der Waals surface area contributed by atoms with E-state index in [4.69, 9.17) is 9.84 Å². The van der Waals surface area contributed by atoms with Crippen LogP contribution in [0.25, 0.3) is 0 Å². The monoisotopic (exact) mass is 289 g/mol. The molecule has 0 aliphatic rings. The highest BCUT2D eigenvalue weighted by Crippen LogP contribution is 2.10. The first-order valence-corrected chi connectivity index (χ1v) is 7.12. The number of nitrogens with zero attached hydrogens (tertiary/aromatic N) is 1. The summed E-state index contributed by atoms with van der Waals surface area (Å²) in [5.41, 5.74) is 1.27. The lowest BCUT2D eigenvalue weighted by molar-refractivity contribution is 0.0532. The van der Waals surface area contributed by atoms with Crippen molar-refractivity contribution in [2.45, 2.75) is 26.4 Å². The summed E-state index contributed by atoms with van der Waals surface area (Å²) >= 11 is 0. The lowest BCUT2D eigenvalue weighted by atomic mass is 10.1. The van der Waals surface area contributed by atoms with Crippen molar-refractivity contribution < 1.29 is 14.6 Å². The maximum Gasteiger partial charge on any atom is 0.254 e. The van der Waals surface area contributed by atoms with Crippen LogP contribution < -0.4 is 0 Å². The molecular formula is C17H23NO3. The highest BCUT2D eigenvalue weighted by Gasteiger charge is 2.14. The third-order valence-corrected chi connectivity index (χ3v) is 2.84. The van der Waals surface area contributed by atoms with Crippen LogP contribution in [0, 0.1) is 11.8 Å². The zero-order valence-corrected chi connectivity index (χ0v) is 12.9. The van der Waals surface area contributed by atoms with Crippen LogP contribution >= 0.6 is 0 Å². The molecule has 0 bridgehead atoms. The van der Waals surface area contributed by atoms with Crippen LogP contribution in [0.15, 0.2) is 24.3 Å². The van der Waals surface area contributed by atoms with Gasteiger partial charge in [0.1, 0.15) is 0 Å². The normalized spacial score (nSPS) is 10.1. The van der Waals surface area contributed by atoms with Gasteiger partial charge in [0.15, 0.2) is 0 Å². The van der Waals surface area contributed by atoms with Crippen molar-refractivity contribution in [2.75, 3.05) is 26.8 Å². The summed E-state index contributed by atoms with van der Waals surface area (Å²) < 4.78 is 5.46. The Morgan fingerprint density at radius 3 is 2.76 bits per heavy atom. The summed E-state index contributed by atoms with van der Waals surface area (Å²) in [4.78, 5) is 14.1. The molecule has 21 heavy (non-hydrogen) atoms. The Hall–Kier alpha value is -1.83. The van der Waals surface area contributed by atoms with Gasteiger partial charge >= 0.3 is 0 Å². The number of rotatable bonds is 6. The van der Waals surface area contributed by atoms with Gasteiger partial charge in [0.25, 0.3) is 5.91 Å². The summed E-state index contributed by atoms with van der Waals surface area (Å²) in [5.74, 6) is 5.71. The van der Waals surface area contributed by atoms with Gasteiger partial charge in [-0.2, -0.15) is 0 Å². The van der Waals surface area contributed by atoms with E-state index in [1.807, 2.05) is 32.0 Å². The quantitative estimate of drug-likeness (QED) is 0.814. The third kappa shape index (κ3) is 5.99. The first-order valence-electron chi connectivity index (χ1n) is 7.12. The number of carbonyl (C=O) groups is 1. The van der Waals surface area contributed by atoms with Crippen LogP contribution in [0.3, 0.4) is 0 Å². The van der Waals surface area contributed by atoms with Gasteiger partial charge in [0.05, 0.1) is 24.9 Å². The molecule has 0 aliphatic carbocycles. The van der Waals surface area contributed by atoms with Crippen molar-refractivity contribution in [2.24, 2.45) is 0 Å². The number of aliphatic hydroxyl groups is 1. The minimum absolute atomic E-state index is 0.0234. The van der Waals surface area contributed by atoms with Crippen molar-refractivity contribution in [3.63, 3.8) is 0 Å². The minimum atomic E-state index is -0.0729. The summed E-state index contributed by atoms with van der Waals surface area (Å²) in [7, 11) is 1.75. The zero-order chi connectivity index (χ0) is 15.7. The summed E-state index contributed by atoms with van der Waals surface area (Å²) in [6.45, 7) is 5.00. The number of likely N-dealkylation sites (N-methyl/N-ethyl adjacent to an activating group) is 1. The number of carbonyl (C=O) groups excluding carboxylic acids is 1. The molecule has 0 aromatic heterocycles. The Labute approximate surface area is 126 Å². The standard InChI is InChI=1S/C17H23NO3/c1-14(2)21-13-11-18(3)17(20)16-10-5-4-8-15(16)9-6-7-12-19/h4-5,8,10,14,19H,7,11-13H2,1-3H3. The van der Waals surface area contributed by atoms with Gasteiger partial charge in [0.2, 0.25) is 0 Å². The van der Waals surface area contributed by atoms with E-state index in [9.17, 15) is 4.79 Å². The number of amides is 1. The topological polar surface area (TPSA) is 49.8 Å². The second kappa shape index (κ2) is 9.17. The number of ether oxygens (including phenoxy) is 1. The molecule has 0 saturated heterocycles. The Morgan fingerprint density at radius 2 is 2.10 bits per heavy atom. The lowest BCUT2D eigenvalue weighted by Crippen LogP contribution is -2.31. The molecule has 0 atom stereocenters. The fourth-order valence-corrected chi connectivity index (χ4v) is 1.72. The SMILES string of the molecule is CC(C)OCCN(C)C(=O)c1ccccc1C#CCCO. The molecule has 1 aromatic carbocycles. The average Bonchev–Trinajstić information content (AvgIpc) is 2.47. The molecule has 0 aliphatic heterocycles. The lowest BCUT2D eigenvalue weighted by Gasteiger charge is -2.18. The number of hydrogen-bond acceptors (Lipinski definition) is 3. The van der Waals surface area contributed by atoms with Crippen LogP contribution in [0.1, 0.15) is 36.2 Å². The van der Waals surface area contributed by atoms with Gasteiger partial charge in [-0.15, -0.1) is 0 Å². The maximum absolute atomic E-state index is 12.4. The zero-order valence-electron chi connectivity index (χ0n) is 12.9. The molecule has 0 fully saturated rings. The molecule has 1 N–H and O–H groups in total. The highest BCUT2D eigenvalue weighted by atomic mass is 16.5. The van der Waals surface area contributed by atoms with Gasteiger partial charge in [-0.25, -0.2) is 0 Å². The smallest absolute Gasteiger partial charge is 0.254 e. The van der Waals surface area contributed by atoms with Crippen molar-refractivity contribution in [3.05, 3.63) is 35.4 Å². The van der Waals surface area contributed by atoms with Crippen molar-refractivity contribution in [3.8, 4) is 11.8 Å². The molecule has 0 radical (unpaired) electrons. The van der Waals surface area contributed by atoms with E-state index in [1.165, 1.54) is 0 Å².